The van der Waals surface area contributed by atoms with Crippen molar-refractivity contribution in [1.29, 1.82) is 5.26 Å². The van der Waals surface area contributed by atoms with Crippen LogP contribution in [0.1, 0.15) is 38.3 Å². The third kappa shape index (κ3) is 3.67. The lowest BCUT2D eigenvalue weighted by Crippen LogP contribution is -2.62. The van der Waals surface area contributed by atoms with Gasteiger partial charge in [-0.25, -0.2) is 13.1 Å². The molecule has 1 aliphatic rings. The van der Waals surface area contributed by atoms with E-state index in [2.05, 4.69) is 4.72 Å². The monoisotopic (exact) mass is 322 g/mol. The van der Waals surface area contributed by atoms with Crippen LogP contribution in [0.2, 0.25) is 0 Å². The van der Waals surface area contributed by atoms with Crippen molar-refractivity contribution in [2.75, 3.05) is 6.61 Å². The molecule has 0 heterocycles. The van der Waals surface area contributed by atoms with Crippen LogP contribution in [0, 0.1) is 16.7 Å². The number of hydrogen-bond donors (Lipinski definition) is 1. The second kappa shape index (κ2) is 6.37. The quantitative estimate of drug-likeness (QED) is 0.870. The van der Waals surface area contributed by atoms with Gasteiger partial charge in [-0.05, 0) is 31.0 Å². The van der Waals surface area contributed by atoms with Crippen LogP contribution in [0.25, 0.3) is 0 Å². The maximum absolute atomic E-state index is 12.3. The molecule has 1 aromatic rings. The van der Waals surface area contributed by atoms with E-state index < -0.39 is 10.0 Å². The number of nitrogens with one attached hydrogen (secondary N) is 1. The molecule has 0 amide bonds. The minimum atomic E-state index is -3.44. The highest BCUT2D eigenvalue weighted by molar-refractivity contribution is 7.88. The fraction of sp³-hybridized carbons (Fsp3) is 0.562. The average Bonchev–Trinajstić information content (AvgIpc) is 2.46. The van der Waals surface area contributed by atoms with Crippen molar-refractivity contribution in [2.45, 2.75) is 45.1 Å². The highest BCUT2D eigenvalue weighted by atomic mass is 32.2. The lowest BCUT2D eigenvalue weighted by molar-refractivity contribution is -0.108. The van der Waals surface area contributed by atoms with Crippen molar-refractivity contribution < 1.29 is 13.2 Å². The van der Waals surface area contributed by atoms with Crippen LogP contribution in [0.15, 0.2) is 24.3 Å². The topological polar surface area (TPSA) is 79.2 Å². The van der Waals surface area contributed by atoms with Crippen molar-refractivity contribution >= 4 is 10.0 Å². The van der Waals surface area contributed by atoms with Gasteiger partial charge in [0, 0.05) is 18.1 Å². The summed E-state index contributed by atoms with van der Waals surface area (Å²) in [4.78, 5) is 0. The van der Waals surface area contributed by atoms with Crippen LogP contribution in [0.4, 0.5) is 0 Å². The lowest BCUT2D eigenvalue weighted by Gasteiger charge is -2.51. The molecule has 5 nitrogen and oxygen atoms in total. The molecule has 0 aromatic heterocycles. The molecule has 2 atom stereocenters. The lowest BCUT2D eigenvalue weighted by atomic mass is 9.65. The molecular weight excluding hydrogens is 300 g/mol. The molecule has 1 aromatic carbocycles. The molecular formula is C16H22N2O3S. The van der Waals surface area contributed by atoms with E-state index in [1.807, 2.05) is 26.8 Å². The van der Waals surface area contributed by atoms with Crippen LogP contribution in [-0.4, -0.2) is 27.2 Å². The van der Waals surface area contributed by atoms with E-state index in [1.165, 1.54) is 0 Å². The van der Waals surface area contributed by atoms with E-state index in [4.69, 9.17) is 10.00 Å². The van der Waals surface area contributed by atoms with Crippen molar-refractivity contribution in [1.82, 2.24) is 4.72 Å². The van der Waals surface area contributed by atoms with Gasteiger partial charge in [0.05, 0.1) is 23.5 Å². The summed E-state index contributed by atoms with van der Waals surface area (Å²) in [6, 6.07) is 8.58. The molecule has 1 fully saturated rings. The van der Waals surface area contributed by atoms with Gasteiger partial charge in [-0.15, -0.1) is 0 Å². The van der Waals surface area contributed by atoms with E-state index in [-0.39, 0.29) is 23.3 Å². The number of sulfonamides is 1. The highest BCUT2D eigenvalue weighted by Gasteiger charge is 2.50. The van der Waals surface area contributed by atoms with Crippen molar-refractivity contribution in [2.24, 2.45) is 5.41 Å². The summed E-state index contributed by atoms with van der Waals surface area (Å²) < 4.78 is 33.0. The van der Waals surface area contributed by atoms with Gasteiger partial charge in [-0.2, -0.15) is 5.26 Å². The number of ether oxygens (including phenoxy) is 1. The largest absolute Gasteiger partial charge is 0.378 e. The Morgan fingerprint density at radius 1 is 1.45 bits per heavy atom. The summed E-state index contributed by atoms with van der Waals surface area (Å²) in [7, 11) is -3.44. The summed E-state index contributed by atoms with van der Waals surface area (Å²) in [6.07, 6.45) is 0.783. The van der Waals surface area contributed by atoms with Gasteiger partial charge in [0.2, 0.25) is 10.0 Å². The Hall–Kier alpha value is -1.42. The molecule has 0 saturated heterocycles. The van der Waals surface area contributed by atoms with Crippen LogP contribution >= 0.6 is 0 Å². The number of benzene rings is 1. The fourth-order valence-electron chi connectivity index (χ4n) is 2.78. The first kappa shape index (κ1) is 16.9. The van der Waals surface area contributed by atoms with Crippen molar-refractivity contribution in [3.05, 3.63) is 35.4 Å². The van der Waals surface area contributed by atoms with Crippen LogP contribution in [-0.2, 0) is 20.5 Å². The summed E-state index contributed by atoms with van der Waals surface area (Å²) in [5.41, 5.74) is 0.871. The minimum Gasteiger partial charge on any atom is -0.378 e. The summed E-state index contributed by atoms with van der Waals surface area (Å²) >= 11 is 0. The third-order valence-electron chi connectivity index (χ3n) is 4.28. The second-order valence-corrected chi connectivity index (χ2v) is 8.00. The molecule has 22 heavy (non-hydrogen) atoms. The maximum Gasteiger partial charge on any atom is 0.216 e. The van der Waals surface area contributed by atoms with Gasteiger partial charge >= 0.3 is 0 Å². The Kier molecular flexibility index (Phi) is 4.90. The summed E-state index contributed by atoms with van der Waals surface area (Å²) in [5.74, 6) is -0.117. The minimum absolute atomic E-state index is 0.0899. The predicted octanol–water partition coefficient (Wildman–Crippen LogP) is 2.18. The standard InChI is InChI=1S/C16H22N2O3S/c1-4-21-15-9-14(16(15,2)3)18-22(19,20)11-13-7-5-6-12(8-13)10-17/h5-8,14-15,18H,4,9,11H2,1-3H3/t14-,15-/m0/s1. The first-order valence-corrected chi connectivity index (χ1v) is 9.04. The van der Waals surface area contributed by atoms with Crippen LogP contribution in [0.5, 0.6) is 0 Å². The van der Waals surface area contributed by atoms with Gasteiger partial charge in [0.25, 0.3) is 0 Å². The molecule has 1 aliphatic carbocycles. The van der Waals surface area contributed by atoms with Gasteiger partial charge in [0.15, 0.2) is 0 Å². The molecule has 120 valence electrons. The zero-order chi connectivity index (χ0) is 16.4. The Morgan fingerprint density at radius 3 is 2.77 bits per heavy atom. The number of nitriles is 1. The molecule has 0 unspecified atom stereocenters. The Morgan fingerprint density at radius 2 is 2.18 bits per heavy atom. The maximum atomic E-state index is 12.3. The smallest absolute Gasteiger partial charge is 0.216 e. The molecule has 0 spiro atoms. The van der Waals surface area contributed by atoms with E-state index >= 15 is 0 Å². The predicted molar refractivity (Wildman–Crippen MR) is 84.5 cm³/mol. The molecule has 1 saturated carbocycles. The van der Waals surface area contributed by atoms with Crippen LogP contribution < -0.4 is 4.72 Å². The zero-order valence-corrected chi connectivity index (χ0v) is 14.0. The zero-order valence-electron chi connectivity index (χ0n) is 13.2. The van der Waals surface area contributed by atoms with E-state index in [0.717, 1.165) is 0 Å². The van der Waals surface area contributed by atoms with Gasteiger partial charge < -0.3 is 4.74 Å². The Labute approximate surface area is 132 Å². The van der Waals surface area contributed by atoms with Crippen LogP contribution in [0.3, 0.4) is 0 Å². The van der Waals surface area contributed by atoms with Gasteiger partial charge in [-0.1, -0.05) is 26.0 Å². The van der Waals surface area contributed by atoms with E-state index in [9.17, 15) is 8.42 Å². The Balaban J connectivity index is 2.02. The van der Waals surface area contributed by atoms with E-state index in [0.29, 0.717) is 24.2 Å². The highest BCUT2D eigenvalue weighted by Crippen LogP contribution is 2.43. The Bertz CT molecular complexity index is 677. The first-order valence-electron chi connectivity index (χ1n) is 7.39. The van der Waals surface area contributed by atoms with Crippen molar-refractivity contribution in [3.8, 4) is 6.07 Å². The summed E-state index contributed by atoms with van der Waals surface area (Å²) in [5, 5.41) is 8.87. The molecule has 2 rings (SSSR count). The van der Waals surface area contributed by atoms with Crippen molar-refractivity contribution in [3.63, 3.8) is 0 Å². The van der Waals surface area contributed by atoms with E-state index in [1.54, 1.807) is 24.3 Å². The van der Waals surface area contributed by atoms with Gasteiger partial charge in [-0.3, -0.25) is 0 Å². The number of nitrogens with zero attached hydrogens (tertiary/aromatic N) is 1. The second-order valence-electron chi connectivity index (χ2n) is 6.24. The molecule has 1 N–H and O–H groups in total. The summed E-state index contributed by atoms with van der Waals surface area (Å²) in [6.45, 7) is 6.60. The normalized spacial score (nSPS) is 23.5. The molecule has 0 aliphatic heterocycles. The SMILES string of the molecule is CCO[C@H]1C[C@H](NS(=O)(=O)Cc2cccc(C#N)c2)C1(C)C. The average molecular weight is 322 g/mol. The third-order valence-corrected chi connectivity index (χ3v) is 5.64. The molecule has 0 radical (unpaired) electrons. The molecule has 0 bridgehead atoms. The fourth-order valence-corrected chi connectivity index (χ4v) is 4.31. The number of hydrogen-bond acceptors (Lipinski definition) is 4. The first-order chi connectivity index (χ1) is 10.3. The molecule has 6 heteroatoms. The van der Waals surface area contributed by atoms with Gasteiger partial charge in [0.1, 0.15) is 0 Å². The number of rotatable bonds is 6.